The van der Waals surface area contributed by atoms with Gasteiger partial charge in [-0.25, -0.2) is 4.79 Å². The van der Waals surface area contributed by atoms with Crippen molar-refractivity contribution < 1.29 is 9.53 Å². The van der Waals surface area contributed by atoms with E-state index >= 15 is 0 Å². The number of methoxy groups -OCH3 is 1. The number of fused-ring (bicyclic) bond motifs is 2. The average Bonchev–Trinajstić information content (AvgIpc) is 3.47. The van der Waals surface area contributed by atoms with Crippen LogP contribution in [0.2, 0.25) is 0 Å². The van der Waals surface area contributed by atoms with Gasteiger partial charge in [-0.2, -0.15) is 0 Å². The molecular weight excluding hydrogens is 414 g/mol. The lowest BCUT2D eigenvalue weighted by molar-refractivity contribution is -0.136. The van der Waals surface area contributed by atoms with Crippen LogP contribution in [0.5, 0.6) is 0 Å². The molecule has 0 saturated carbocycles. The Morgan fingerprint density at radius 1 is 0.818 bits per heavy atom. The smallest absolute Gasteiger partial charge is 0.362 e. The first kappa shape index (κ1) is 21.0. The van der Waals surface area contributed by atoms with E-state index in [4.69, 9.17) is 4.74 Å². The largest absolute Gasteiger partial charge is 0.464 e. The van der Waals surface area contributed by atoms with Crippen molar-refractivity contribution in [1.82, 2.24) is 0 Å². The third-order valence-corrected chi connectivity index (χ3v) is 6.41. The molecule has 0 amide bonds. The van der Waals surface area contributed by atoms with Crippen LogP contribution in [-0.4, -0.2) is 40.3 Å². The SMILES string of the molecule is COC(=O)C(/N=N/c1ccc(N2CCCC2)c2ccccc12)=C1N(C)c2ccccc2N1C. The van der Waals surface area contributed by atoms with Crippen LogP contribution < -0.4 is 14.7 Å². The fraction of sp³-hybridized carbons (Fsp3) is 0.269. The Balaban J connectivity index is 1.59. The first-order chi connectivity index (χ1) is 16.1. The maximum Gasteiger partial charge on any atom is 0.362 e. The van der Waals surface area contributed by atoms with Crippen molar-refractivity contribution in [2.24, 2.45) is 10.2 Å². The van der Waals surface area contributed by atoms with Gasteiger partial charge in [0.2, 0.25) is 5.70 Å². The van der Waals surface area contributed by atoms with Crippen LogP contribution in [0.1, 0.15) is 12.8 Å². The van der Waals surface area contributed by atoms with Crippen molar-refractivity contribution >= 4 is 39.5 Å². The lowest BCUT2D eigenvalue weighted by Gasteiger charge is -2.20. The molecule has 0 radical (unpaired) electrons. The highest BCUT2D eigenvalue weighted by atomic mass is 16.5. The Kier molecular flexibility index (Phi) is 5.46. The molecule has 2 heterocycles. The van der Waals surface area contributed by atoms with Gasteiger partial charge in [0, 0.05) is 43.6 Å². The molecule has 2 aliphatic rings. The van der Waals surface area contributed by atoms with E-state index in [2.05, 4.69) is 33.3 Å². The molecule has 7 heteroatoms. The molecule has 33 heavy (non-hydrogen) atoms. The highest BCUT2D eigenvalue weighted by Gasteiger charge is 2.32. The average molecular weight is 442 g/mol. The summed E-state index contributed by atoms with van der Waals surface area (Å²) in [6.07, 6.45) is 2.44. The number of azo groups is 1. The Morgan fingerprint density at radius 2 is 1.42 bits per heavy atom. The van der Waals surface area contributed by atoms with Gasteiger partial charge in [-0.1, -0.05) is 36.4 Å². The van der Waals surface area contributed by atoms with E-state index in [1.54, 1.807) is 0 Å². The number of anilines is 3. The van der Waals surface area contributed by atoms with E-state index in [0.717, 1.165) is 40.9 Å². The standard InChI is InChI=1S/C26H27N5O2/c1-29-22-12-6-7-13-23(22)30(2)25(29)24(26(32)33-3)28-27-20-14-15-21(31-16-8-9-17-31)19-11-5-4-10-18(19)20/h4-7,10-15H,8-9,16-17H2,1-3H3/b28-27+. The number of carbonyl (C=O) groups excluding carboxylic acids is 1. The number of carbonyl (C=O) groups is 1. The molecular formula is C26H27N5O2. The first-order valence-corrected chi connectivity index (χ1v) is 11.2. The maximum absolute atomic E-state index is 12.8. The summed E-state index contributed by atoms with van der Waals surface area (Å²) in [5.41, 5.74) is 4.08. The number of benzene rings is 3. The van der Waals surface area contributed by atoms with E-state index in [0.29, 0.717) is 5.82 Å². The van der Waals surface area contributed by atoms with Gasteiger partial charge in [0.1, 0.15) is 5.82 Å². The number of hydrogen-bond acceptors (Lipinski definition) is 7. The minimum absolute atomic E-state index is 0.159. The Morgan fingerprint density at radius 3 is 2.06 bits per heavy atom. The summed E-state index contributed by atoms with van der Waals surface area (Å²) in [5, 5.41) is 11.1. The summed E-state index contributed by atoms with van der Waals surface area (Å²) in [6.45, 7) is 2.14. The summed E-state index contributed by atoms with van der Waals surface area (Å²) < 4.78 is 5.07. The predicted molar refractivity (Wildman–Crippen MR) is 132 cm³/mol. The van der Waals surface area contributed by atoms with Gasteiger partial charge in [-0.3, -0.25) is 0 Å². The van der Waals surface area contributed by atoms with Crippen molar-refractivity contribution in [3.8, 4) is 0 Å². The van der Waals surface area contributed by atoms with Crippen LogP contribution in [0.4, 0.5) is 22.7 Å². The summed E-state index contributed by atoms with van der Waals surface area (Å²) in [5.74, 6) is 0.100. The fourth-order valence-electron chi connectivity index (χ4n) is 4.77. The summed E-state index contributed by atoms with van der Waals surface area (Å²) in [6, 6.07) is 20.3. The van der Waals surface area contributed by atoms with Crippen molar-refractivity contribution in [3.63, 3.8) is 0 Å². The van der Waals surface area contributed by atoms with Crippen molar-refractivity contribution in [1.29, 1.82) is 0 Å². The molecule has 2 aliphatic heterocycles. The molecule has 1 saturated heterocycles. The third-order valence-electron chi connectivity index (χ3n) is 6.41. The summed E-state index contributed by atoms with van der Waals surface area (Å²) in [7, 11) is 5.19. The van der Waals surface area contributed by atoms with E-state index < -0.39 is 5.97 Å². The van der Waals surface area contributed by atoms with Crippen LogP contribution in [-0.2, 0) is 9.53 Å². The minimum Gasteiger partial charge on any atom is -0.464 e. The number of ether oxygens (including phenoxy) is 1. The van der Waals surface area contributed by atoms with Crippen LogP contribution in [0.25, 0.3) is 10.8 Å². The highest BCUT2D eigenvalue weighted by Crippen LogP contribution is 2.41. The quantitative estimate of drug-likeness (QED) is 0.306. The fourth-order valence-corrected chi connectivity index (χ4v) is 4.77. The van der Waals surface area contributed by atoms with Crippen LogP contribution >= 0.6 is 0 Å². The third kappa shape index (κ3) is 3.59. The van der Waals surface area contributed by atoms with Gasteiger partial charge < -0.3 is 19.4 Å². The molecule has 0 atom stereocenters. The zero-order valence-corrected chi connectivity index (χ0v) is 19.2. The molecule has 5 rings (SSSR count). The minimum atomic E-state index is -0.529. The monoisotopic (exact) mass is 441 g/mol. The van der Waals surface area contributed by atoms with Gasteiger partial charge in [-0.15, -0.1) is 10.2 Å². The summed E-state index contributed by atoms with van der Waals surface area (Å²) >= 11 is 0. The molecule has 7 nitrogen and oxygen atoms in total. The Labute approximate surface area is 193 Å². The molecule has 0 unspecified atom stereocenters. The van der Waals surface area contributed by atoms with E-state index in [1.165, 1.54) is 25.6 Å². The zero-order valence-electron chi connectivity index (χ0n) is 19.2. The van der Waals surface area contributed by atoms with Crippen LogP contribution in [0, 0.1) is 0 Å². The molecule has 168 valence electrons. The molecule has 1 fully saturated rings. The van der Waals surface area contributed by atoms with Gasteiger partial charge in [0.05, 0.1) is 24.2 Å². The second-order valence-corrected chi connectivity index (χ2v) is 8.31. The maximum atomic E-state index is 12.8. The van der Waals surface area contributed by atoms with Crippen LogP contribution in [0.15, 0.2) is 82.4 Å². The number of nitrogens with zero attached hydrogens (tertiary/aromatic N) is 5. The topological polar surface area (TPSA) is 60.7 Å². The van der Waals surface area contributed by atoms with Gasteiger partial charge >= 0.3 is 5.97 Å². The van der Waals surface area contributed by atoms with Crippen LogP contribution in [0.3, 0.4) is 0 Å². The first-order valence-electron chi connectivity index (χ1n) is 11.2. The molecule has 3 aromatic carbocycles. The van der Waals surface area contributed by atoms with Gasteiger partial charge in [-0.05, 0) is 37.1 Å². The second kappa shape index (κ2) is 8.58. The predicted octanol–water partition coefficient (Wildman–Crippen LogP) is 5.45. The van der Waals surface area contributed by atoms with Crippen molar-refractivity contribution in [2.45, 2.75) is 12.8 Å². The number of esters is 1. The molecule has 3 aromatic rings. The van der Waals surface area contributed by atoms with E-state index in [9.17, 15) is 4.79 Å². The molecule has 0 aliphatic carbocycles. The number of hydrogen-bond donors (Lipinski definition) is 0. The number of para-hydroxylation sites is 2. The molecule has 0 N–H and O–H groups in total. The Hall–Kier alpha value is -3.87. The molecule has 0 aromatic heterocycles. The lowest BCUT2D eigenvalue weighted by atomic mass is 10.1. The molecule has 0 spiro atoms. The molecule has 0 bridgehead atoms. The second-order valence-electron chi connectivity index (χ2n) is 8.31. The lowest BCUT2D eigenvalue weighted by Crippen LogP contribution is -2.26. The highest BCUT2D eigenvalue weighted by molar-refractivity contribution is 6.01. The number of rotatable bonds is 4. The van der Waals surface area contributed by atoms with E-state index in [-0.39, 0.29) is 5.70 Å². The zero-order chi connectivity index (χ0) is 22.9. The van der Waals surface area contributed by atoms with E-state index in [1.807, 2.05) is 66.4 Å². The van der Waals surface area contributed by atoms with Gasteiger partial charge in [0.25, 0.3) is 0 Å². The van der Waals surface area contributed by atoms with Gasteiger partial charge in [0.15, 0.2) is 0 Å². The Bertz CT molecular complexity index is 1250. The summed E-state index contributed by atoms with van der Waals surface area (Å²) in [4.78, 5) is 19.1. The van der Waals surface area contributed by atoms with Crippen molar-refractivity contribution in [2.75, 3.05) is 49.0 Å². The normalized spacial score (nSPS) is 15.6. The van der Waals surface area contributed by atoms with Crippen molar-refractivity contribution in [3.05, 3.63) is 72.2 Å².